The van der Waals surface area contributed by atoms with Gasteiger partial charge in [-0.25, -0.2) is 0 Å². The maximum absolute atomic E-state index is 6.08. The summed E-state index contributed by atoms with van der Waals surface area (Å²) in [7, 11) is 0. The average molecular weight is 302 g/mol. The van der Waals surface area contributed by atoms with E-state index in [1.165, 1.54) is 43.6 Å². The molecular formula is C16H22N4S. The largest absolute Gasteiger partial charge is 0.382 e. The molecular weight excluding hydrogens is 280 g/mol. The first-order valence-electron chi connectivity index (χ1n) is 7.71. The summed E-state index contributed by atoms with van der Waals surface area (Å²) in [6.07, 6.45) is 10.1. The van der Waals surface area contributed by atoms with Crippen LogP contribution in [0.1, 0.15) is 39.0 Å². The number of hydrogen-bond acceptors (Lipinski definition) is 5. The Morgan fingerprint density at radius 3 is 2.81 bits per heavy atom. The molecule has 0 saturated heterocycles. The van der Waals surface area contributed by atoms with Crippen molar-refractivity contribution < 1.29 is 0 Å². The Morgan fingerprint density at radius 2 is 2.05 bits per heavy atom. The maximum atomic E-state index is 6.08. The molecule has 4 nitrogen and oxygen atoms in total. The molecule has 1 saturated carbocycles. The first-order valence-corrected chi connectivity index (χ1v) is 8.49. The molecule has 5 heteroatoms. The van der Waals surface area contributed by atoms with Crippen molar-refractivity contribution in [3.8, 4) is 11.1 Å². The van der Waals surface area contributed by atoms with Gasteiger partial charge in [-0.1, -0.05) is 26.2 Å². The molecule has 2 unspecified atom stereocenters. The van der Waals surface area contributed by atoms with Crippen LogP contribution in [0, 0.1) is 5.92 Å². The SMILES string of the molecule is CCC1CCCCC1Nc1snc(N)c1-c1ccncc1. The smallest absolute Gasteiger partial charge is 0.147 e. The molecule has 0 spiro atoms. The predicted octanol–water partition coefficient (Wildman–Crippen LogP) is 4.17. The minimum absolute atomic E-state index is 0.546. The van der Waals surface area contributed by atoms with Crippen LogP contribution in [0.4, 0.5) is 10.8 Å². The summed E-state index contributed by atoms with van der Waals surface area (Å²) in [6.45, 7) is 2.29. The van der Waals surface area contributed by atoms with Gasteiger partial charge in [0.25, 0.3) is 0 Å². The third kappa shape index (κ3) is 3.02. The highest BCUT2D eigenvalue weighted by atomic mass is 32.1. The molecule has 2 aromatic rings. The molecule has 1 fully saturated rings. The van der Waals surface area contributed by atoms with Gasteiger partial charge in [0.1, 0.15) is 10.8 Å². The number of nitrogen functional groups attached to an aromatic ring is 1. The van der Waals surface area contributed by atoms with E-state index in [0.717, 1.165) is 22.0 Å². The third-order valence-electron chi connectivity index (χ3n) is 4.44. The van der Waals surface area contributed by atoms with Gasteiger partial charge < -0.3 is 11.1 Å². The number of rotatable bonds is 4. The summed E-state index contributed by atoms with van der Waals surface area (Å²) < 4.78 is 4.35. The lowest BCUT2D eigenvalue weighted by Gasteiger charge is -2.32. The second-order valence-corrected chi connectivity index (χ2v) is 6.48. The molecule has 2 atom stereocenters. The fourth-order valence-corrected chi connectivity index (χ4v) is 4.05. The van der Waals surface area contributed by atoms with Crippen LogP contribution in [0.5, 0.6) is 0 Å². The molecule has 21 heavy (non-hydrogen) atoms. The summed E-state index contributed by atoms with van der Waals surface area (Å²) in [5, 5.41) is 4.83. The van der Waals surface area contributed by atoms with Crippen molar-refractivity contribution in [1.82, 2.24) is 9.36 Å². The summed E-state index contributed by atoms with van der Waals surface area (Å²) >= 11 is 1.47. The van der Waals surface area contributed by atoms with Gasteiger partial charge in [0.15, 0.2) is 0 Å². The van der Waals surface area contributed by atoms with E-state index in [4.69, 9.17) is 5.73 Å². The number of pyridine rings is 1. The van der Waals surface area contributed by atoms with Crippen molar-refractivity contribution in [1.29, 1.82) is 0 Å². The van der Waals surface area contributed by atoms with Gasteiger partial charge in [-0.15, -0.1) is 0 Å². The summed E-state index contributed by atoms with van der Waals surface area (Å²) in [4.78, 5) is 4.08. The molecule has 2 heterocycles. The van der Waals surface area contributed by atoms with Crippen LogP contribution in [-0.4, -0.2) is 15.4 Å². The number of anilines is 2. The summed E-state index contributed by atoms with van der Waals surface area (Å²) in [5.74, 6) is 1.37. The van der Waals surface area contributed by atoms with Crippen LogP contribution >= 0.6 is 11.5 Å². The van der Waals surface area contributed by atoms with E-state index in [1.54, 1.807) is 12.4 Å². The van der Waals surface area contributed by atoms with Crippen molar-refractivity contribution in [3.05, 3.63) is 24.5 Å². The lowest BCUT2D eigenvalue weighted by molar-refractivity contribution is 0.318. The molecule has 1 aliphatic carbocycles. The van der Waals surface area contributed by atoms with E-state index >= 15 is 0 Å². The Balaban J connectivity index is 1.86. The lowest BCUT2D eigenvalue weighted by atomic mass is 9.83. The van der Waals surface area contributed by atoms with Gasteiger partial charge in [0.05, 0.1) is 5.56 Å². The molecule has 0 radical (unpaired) electrons. The minimum atomic E-state index is 0.546. The standard InChI is InChI=1S/C16H22N4S/c1-2-11-5-3-4-6-13(11)19-16-14(15(17)20-21-16)12-7-9-18-10-8-12/h7-11,13,19H,2-6H2,1H3,(H2,17,20). The van der Waals surface area contributed by atoms with Gasteiger partial charge in [-0.2, -0.15) is 4.37 Å². The van der Waals surface area contributed by atoms with Gasteiger partial charge in [-0.3, -0.25) is 4.98 Å². The van der Waals surface area contributed by atoms with E-state index in [-0.39, 0.29) is 0 Å². The summed E-state index contributed by atoms with van der Waals surface area (Å²) in [5.41, 5.74) is 8.20. The fraction of sp³-hybridized carbons (Fsp3) is 0.500. The van der Waals surface area contributed by atoms with Crippen LogP contribution in [0.15, 0.2) is 24.5 Å². The van der Waals surface area contributed by atoms with Crippen molar-refractivity contribution >= 4 is 22.4 Å². The fourth-order valence-electron chi connectivity index (χ4n) is 3.25. The van der Waals surface area contributed by atoms with Crippen LogP contribution in [-0.2, 0) is 0 Å². The van der Waals surface area contributed by atoms with Crippen molar-refractivity contribution in [2.24, 2.45) is 5.92 Å². The second-order valence-electron chi connectivity index (χ2n) is 5.71. The number of nitrogens with one attached hydrogen (secondary N) is 1. The van der Waals surface area contributed by atoms with E-state index in [2.05, 4.69) is 21.6 Å². The maximum Gasteiger partial charge on any atom is 0.147 e. The zero-order valence-electron chi connectivity index (χ0n) is 12.4. The Kier molecular flexibility index (Phi) is 4.39. The Morgan fingerprint density at radius 1 is 1.29 bits per heavy atom. The summed E-state index contributed by atoms with van der Waals surface area (Å²) in [6, 6.07) is 4.52. The number of nitrogens with two attached hydrogens (primary N) is 1. The number of aromatic nitrogens is 2. The highest BCUT2D eigenvalue weighted by Crippen LogP contribution is 2.39. The average Bonchev–Trinajstić information content (AvgIpc) is 2.89. The van der Waals surface area contributed by atoms with Crippen molar-refractivity contribution in [2.75, 3.05) is 11.1 Å². The molecule has 0 aromatic carbocycles. The number of nitrogens with zero attached hydrogens (tertiary/aromatic N) is 2. The number of hydrogen-bond donors (Lipinski definition) is 2. The first kappa shape index (κ1) is 14.3. The molecule has 0 aliphatic heterocycles. The van der Waals surface area contributed by atoms with Crippen molar-refractivity contribution in [2.45, 2.75) is 45.1 Å². The van der Waals surface area contributed by atoms with Gasteiger partial charge in [-0.05, 0) is 48.0 Å². The van der Waals surface area contributed by atoms with E-state index in [9.17, 15) is 0 Å². The van der Waals surface area contributed by atoms with Crippen LogP contribution in [0.25, 0.3) is 11.1 Å². The molecule has 1 aliphatic rings. The molecule has 2 aromatic heterocycles. The van der Waals surface area contributed by atoms with Crippen LogP contribution in [0.3, 0.4) is 0 Å². The van der Waals surface area contributed by atoms with E-state index < -0.39 is 0 Å². The first-order chi connectivity index (χ1) is 10.3. The Labute approximate surface area is 130 Å². The molecule has 0 amide bonds. The highest BCUT2D eigenvalue weighted by molar-refractivity contribution is 7.11. The molecule has 0 bridgehead atoms. The Hall–Kier alpha value is -1.62. The molecule has 3 rings (SSSR count). The van der Waals surface area contributed by atoms with Crippen molar-refractivity contribution in [3.63, 3.8) is 0 Å². The van der Waals surface area contributed by atoms with Crippen LogP contribution < -0.4 is 11.1 Å². The highest BCUT2D eigenvalue weighted by Gasteiger charge is 2.25. The zero-order valence-corrected chi connectivity index (χ0v) is 13.2. The van der Waals surface area contributed by atoms with E-state index in [1.807, 2.05) is 12.1 Å². The van der Waals surface area contributed by atoms with Gasteiger partial charge in [0, 0.05) is 18.4 Å². The molecule has 112 valence electrons. The van der Waals surface area contributed by atoms with E-state index in [0.29, 0.717) is 11.9 Å². The topological polar surface area (TPSA) is 63.8 Å². The van der Waals surface area contributed by atoms with Crippen LogP contribution in [0.2, 0.25) is 0 Å². The third-order valence-corrected chi connectivity index (χ3v) is 5.23. The zero-order chi connectivity index (χ0) is 14.7. The minimum Gasteiger partial charge on any atom is -0.382 e. The quantitative estimate of drug-likeness (QED) is 0.889. The van der Waals surface area contributed by atoms with Gasteiger partial charge >= 0.3 is 0 Å². The normalized spacial score (nSPS) is 22.1. The Bertz CT molecular complexity index is 581. The monoisotopic (exact) mass is 302 g/mol. The second kappa shape index (κ2) is 6.43. The van der Waals surface area contributed by atoms with Gasteiger partial charge in [0.2, 0.25) is 0 Å². The predicted molar refractivity (Wildman–Crippen MR) is 89.4 cm³/mol. The molecule has 3 N–H and O–H groups in total. The lowest BCUT2D eigenvalue weighted by Crippen LogP contribution is -2.31.